The zero-order valence-electron chi connectivity index (χ0n) is 31.0. The van der Waals surface area contributed by atoms with Gasteiger partial charge in [-0.3, -0.25) is 28.9 Å². The standard InChI is InChI=1S/C40H37F2N11O4/c1-48(2)16-21-52-39(56)35-36(53(52)28-12-14-43-15-13-28)46-33(23-44-35)45-26-7-9-27(10-8-26)49-17-19-50(20-18-49)38(55)29-22-25(6-11-30(29)41)24-51-32-5-3-4-31(42)34(32)37(54)47-40(51)57/h3-15,22-23H,16-21,24H2,1-2H3,(H,45,46)(H,47,54,57). The topological polar surface area (TPSA) is 159 Å². The highest BCUT2D eigenvalue weighted by Crippen LogP contribution is 2.24. The van der Waals surface area contributed by atoms with Gasteiger partial charge in [0.25, 0.3) is 17.0 Å². The molecule has 0 unspecified atom stereocenters. The van der Waals surface area contributed by atoms with Gasteiger partial charge < -0.3 is 20.0 Å². The van der Waals surface area contributed by atoms with Crippen LogP contribution < -0.4 is 27.0 Å². The van der Waals surface area contributed by atoms with Gasteiger partial charge in [-0.1, -0.05) is 12.1 Å². The van der Waals surface area contributed by atoms with Crippen molar-refractivity contribution in [1.82, 2.24) is 43.7 Å². The summed E-state index contributed by atoms with van der Waals surface area (Å²) in [5.74, 6) is -1.51. The van der Waals surface area contributed by atoms with E-state index in [4.69, 9.17) is 4.98 Å². The van der Waals surface area contributed by atoms with Crippen LogP contribution in [0.3, 0.4) is 0 Å². The summed E-state index contributed by atoms with van der Waals surface area (Å²) in [4.78, 5) is 73.2. The summed E-state index contributed by atoms with van der Waals surface area (Å²) in [5.41, 5.74) is 1.65. The molecule has 0 bridgehead atoms. The van der Waals surface area contributed by atoms with Crippen molar-refractivity contribution >= 4 is 45.2 Å². The van der Waals surface area contributed by atoms with Crippen molar-refractivity contribution in [3.8, 4) is 5.69 Å². The lowest BCUT2D eigenvalue weighted by Gasteiger charge is -2.36. The third-order valence-corrected chi connectivity index (χ3v) is 9.95. The van der Waals surface area contributed by atoms with Gasteiger partial charge in [-0.2, -0.15) is 0 Å². The molecule has 5 heterocycles. The first kappa shape index (κ1) is 36.9. The molecule has 0 saturated carbocycles. The fourth-order valence-corrected chi connectivity index (χ4v) is 7.02. The predicted octanol–water partition coefficient (Wildman–Crippen LogP) is 3.57. The van der Waals surface area contributed by atoms with E-state index >= 15 is 4.39 Å². The van der Waals surface area contributed by atoms with E-state index in [0.29, 0.717) is 56.3 Å². The molecule has 1 amide bonds. The molecular formula is C40H37F2N11O4. The van der Waals surface area contributed by atoms with E-state index in [1.807, 2.05) is 55.4 Å². The average molecular weight is 774 g/mol. The zero-order valence-corrected chi connectivity index (χ0v) is 31.0. The van der Waals surface area contributed by atoms with E-state index in [2.05, 4.69) is 25.2 Å². The van der Waals surface area contributed by atoms with E-state index in [0.717, 1.165) is 23.1 Å². The lowest BCUT2D eigenvalue weighted by atomic mass is 10.1. The number of aromatic nitrogens is 7. The van der Waals surface area contributed by atoms with Gasteiger partial charge in [0, 0.05) is 56.5 Å². The van der Waals surface area contributed by atoms with E-state index in [9.17, 15) is 23.6 Å². The third kappa shape index (κ3) is 7.27. The molecule has 0 atom stereocenters. The molecule has 1 saturated heterocycles. The van der Waals surface area contributed by atoms with Crippen LogP contribution in [0.2, 0.25) is 0 Å². The largest absolute Gasteiger partial charge is 0.368 e. The second-order valence-corrected chi connectivity index (χ2v) is 13.9. The Hall–Kier alpha value is -7.01. The molecule has 4 aromatic heterocycles. The molecule has 7 aromatic rings. The van der Waals surface area contributed by atoms with Crippen LogP contribution in [-0.2, 0) is 13.1 Å². The first-order valence-corrected chi connectivity index (χ1v) is 18.2. The number of halogens is 2. The number of H-pyrrole nitrogens is 1. The number of benzene rings is 3. The molecule has 3 aromatic carbocycles. The summed E-state index contributed by atoms with van der Waals surface area (Å²) in [6.07, 6.45) is 4.85. The molecule has 2 N–H and O–H groups in total. The Morgan fingerprint density at radius 3 is 2.39 bits per heavy atom. The van der Waals surface area contributed by atoms with Gasteiger partial charge >= 0.3 is 5.69 Å². The van der Waals surface area contributed by atoms with Gasteiger partial charge in [-0.15, -0.1) is 0 Å². The van der Waals surface area contributed by atoms with E-state index in [1.165, 1.54) is 41.1 Å². The Morgan fingerprint density at radius 2 is 1.65 bits per heavy atom. The number of fused-ring (bicyclic) bond motifs is 2. The van der Waals surface area contributed by atoms with Crippen molar-refractivity contribution in [3.05, 3.63) is 145 Å². The molecule has 0 radical (unpaired) electrons. The van der Waals surface area contributed by atoms with Crippen LogP contribution in [-0.4, -0.2) is 96.4 Å². The minimum absolute atomic E-state index is 0.0893. The number of pyridine rings is 1. The third-order valence-electron chi connectivity index (χ3n) is 9.95. The number of nitrogens with one attached hydrogen (secondary N) is 2. The van der Waals surface area contributed by atoms with Crippen molar-refractivity contribution in [1.29, 1.82) is 0 Å². The average Bonchev–Trinajstić information content (AvgIpc) is 3.49. The quantitative estimate of drug-likeness (QED) is 0.211. The van der Waals surface area contributed by atoms with Gasteiger partial charge in [0.15, 0.2) is 17.0 Å². The predicted molar refractivity (Wildman–Crippen MR) is 212 cm³/mol. The number of piperazine rings is 1. The molecule has 1 fully saturated rings. The number of likely N-dealkylation sites (N-methyl/N-ethyl adjacent to an activating group) is 1. The number of nitrogens with zero attached hydrogens (tertiary/aromatic N) is 9. The van der Waals surface area contributed by atoms with E-state index in [1.54, 1.807) is 26.7 Å². The molecule has 1 aliphatic rings. The smallest absolute Gasteiger partial charge is 0.329 e. The van der Waals surface area contributed by atoms with Crippen LogP contribution in [0.15, 0.2) is 106 Å². The lowest BCUT2D eigenvalue weighted by molar-refractivity contribution is 0.0742. The van der Waals surface area contributed by atoms with E-state index < -0.39 is 28.8 Å². The van der Waals surface area contributed by atoms with Crippen molar-refractivity contribution in [3.63, 3.8) is 0 Å². The van der Waals surface area contributed by atoms with Crippen molar-refractivity contribution in [2.75, 3.05) is 57.0 Å². The van der Waals surface area contributed by atoms with Gasteiger partial charge in [-0.25, -0.2) is 32.9 Å². The molecule has 0 aliphatic carbocycles. The normalized spacial score (nSPS) is 13.2. The molecule has 17 heteroatoms. The number of aromatic amines is 1. The first-order valence-electron chi connectivity index (χ1n) is 18.2. The van der Waals surface area contributed by atoms with Crippen molar-refractivity contribution in [2.45, 2.75) is 13.1 Å². The minimum atomic E-state index is -0.840. The fraction of sp³-hybridized carbons (Fsp3) is 0.225. The molecule has 8 rings (SSSR count). The molecule has 57 heavy (non-hydrogen) atoms. The molecule has 1 aliphatic heterocycles. The van der Waals surface area contributed by atoms with Crippen LogP contribution >= 0.6 is 0 Å². The summed E-state index contributed by atoms with van der Waals surface area (Å²) >= 11 is 0. The van der Waals surface area contributed by atoms with Gasteiger partial charge in [-0.05, 0) is 80.3 Å². The summed E-state index contributed by atoms with van der Waals surface area (Å²) in [6, 6.07) is 19.3. The molecule has 15 nitrogen and oxygen atoms in total. The first-order chi connectivity index (χ1) is 27.5. The summed E-state index contributed by atoms with van der Waals surface area (Å²) in [6.45, 7) is 2.65. The maximum atomic E-state index is 15.1. The van der Waals surface area contributed by atoms with Gasteiger partial charge in [0.05, 0.1) is 41.4 Å². The van der Waals surface area contributed by atoms with Gasteiger partial charge in [0.1, 0.15) is 11.6 Å². The fourth-order valence-electron chi connectivity index (χ4n) is 7.02. The molecule has 0 spiro atoms. The maximum Gasteiger partial charge on any atom is 0.329 e. The minimum Gasteiger partial charge on any atom is -0.368 e. The Morgan fingerprint density at radius 1 is 0.895 bits per heavy atom. The number of amides is 1. The van der Waals surface area contributed by atoms with Crippen LogP contribution in [0.4, 0.5) is 26.0 Å². The summed E-state index contributed by atoms with van der Waals surface area (Å²) in [5, 5.41) is 3.03. The van der Waals surface area contributed by atoms with Crippen molar-refractivity contribution in [2.24, 2.45) is 0 Å². The van der Waals surface area contributed by atoms with Crippen LogP contribution in [0.5, 0.6) is 0 Å². The number of rotatable bonds is 10. The zero-order chi connectivity index (χ0) is 39.8. The Balaban J connectivity index is 0.943. The van der Waals surface area contributed by atoms with E-state index in [-0.39, 0.29) is 34.1 Å². The molecule has 290 valence electrons. The van der Waals surface area contributed by atoms with Crippen LogP contribution in [0, 0.1) is 11.6 Å². The Labute approximate surface area is 323 Å². The maximum absolute atomic E-state index is 15.1. The number of hydrogen-bond donors (Lipinski definition) is 2. The van der Waals surface area contributed by atoms with Gasteiger partial charge in [0.2, 0.25) is 0 Å². The van der Waals surface area contributed by atoms with Crippen molar-refractivity contribution < 1.29 is 13.6 Å². The highest BCUT2D eigenvalue weighted by Gasteiger charge is 2.25. The lowest BCUT2D eigenvalue weighted by Crippen LogP contribution is -2.49. The van der Waals surface area contributed by atoms with Crippen LogP contribution in [0.25, 0.3) is 27.8 Å². The molecular weight excluding hydrogens is 737 g/mol. The highest BCUT2D eigenvalue weighted by atomic mass is 19.1. The summed E-state index contributed by atoms with van der Waals surface area (Å²) < 4.78 is 34.1. The number of carbonyl (C=O) groups is 1. The summed E-state index contributed by atoms with van der Waals surface area (Å²) in [7, 11) is 3.89. The second kappa shape index (κ2) is 15.3. The number of hydrogen-bond acceptors (Lipinski definition) is 10. The number of carbonyl (C=O) groups excluding carboxylic acids is 1. The second-order valence-electron chi connectivity index (χ2n) is 13.9. The monoisotopic (exact) mass is 773 g/mol. The Bertz CT molecular complexity index is 2810. The highest BCUT2D eigenvalue weighted by molar-refractivity contribution is 5.95. The number of anilines is 3. The SMILES string of the molecule is CN(C)CCn1c(=O)c2ncc(Nc3ccc(N4CCN(C(=O)c5cc(Cn6c(=O)[nH]c(=O)c7c(F)cccc76)ccc5F)CC4)cc3)nc2n1-c1ccncc1. The van der Waals surface area contributed by atoms with Crippen LogP contribution in [0.1, 0.15) is 15.9 Å². The Kier molecular flexibility index (Phi) is 9.89.